The van der Waals surface area contributed by atoms with Gasteiger partial charge in [-0.15, -0.1) is 0 Å². The molecular formula is C21H23N3O2. The van der Waals surface area contributed by atoms with E-state index in [2.05, 4.69) is 36.1 Å². The van der Waals surface area contributed by atoms with Crippen molar-refractivity contribution in [3.8, 4) is 11.1 Å². The SMILES string of the molecule is CC(C)(C)c1cnc(CCC(=O)Nc2cnccc2-c2ccccc2)o1. The number of amides is 1. The van der Waals surface area contributed by atoms with Gasteiger partial charge in [0.1, 0.15) is 5.76 Å². The number of benzene rings is 1. The first-order chi connectivity index (χ1) is 12.4. The zero-order valence-corrected chi connectivity index (χ0v) is 15.3. The lowest BCUT2D eigenvalue weighted by molar-refractivity contribution is -0.116. The van der Waals surface area contributed by atoms with Gasteiger partial charge in [-0.05, 0) is 11.6 Å². The number of pyridine rings is 1. The zero-order chi connectivity index (χ0) is 18.6. The molecule has 2 aromatic heterocycles. The molecule has 2 heterocycles. The number of oxazole rings is 1. The van der Waals surface area contributed by atoms with Crippen LogP contribution >= 0.6 is 0 Å². The number of aryl methyl sites for hydroxylation is 1. The van der Waals surface area contributed by atoms with E-state index in [-0.39, 0.29) is 11.3 Å². The summed E-state index contributed by atoms with van der Waals surface area (Å²) in [5.41, 5.74) is 2.59. The van der Waals surface area contributed by atoms with Gasteiger partial charge in [-0.1, -0.05) is 51.1 Å². The molecule has 5 nitrogen and oxygen atoms in total. The Morgan fingerprint density at radius 3 is 2.58 bits per heavy atom. The van der Waals surface area contributed by atoms with Crippen molar-refractivity contribution in [1.82, 2.24) is 9.97 Å². The fourth-order valence-corrected chi connectivity index (χ4v) is 2.57. The fraction of sp³-hybridized carbons (Fsp3) is 0.286. The largest absolute Gasteiger partial charge is 0.445 e. The minimum absolute atomic E-state index is 0.0895. The lowest BCUT2D eigenvalue weighted by Gasteiger charge is -2.13. The molecule has 0 unspecified atom stereocenters. The second-order valence-electron chi connectivity index (χ2n) is 7.20. The molecule has 0 radical (unpaired) electrons. The van der Waals surface area contributed by atoms with E-state index in [9.17, 15) is 4.79 Å². The quantitative estimate of drug-likeness (QED) is 0.730. The average Bonchev–Trinajstić information content (AvgIpc) is 3.11. The molecule has 0 saturated heterocycles. The van der Waals surface area contributed by atoms with E-state index in [1.165, 1.54) is 0 Å². The lowest BCUT2D eigenvalue weighted by atomic mass is 9.94. The number of hydrogen-bond acceptors (Lipinski definition) is 4. The molecule has 0 aliphatic heterocycles. The molecule has 0 aliphatic rings. The monoisotopic (exact) mass is 349 g/mol. The molecule has 3 rings (SSSR count). The van der Waals surface area contributed by atoms with Crippen LogP contribution in [0.15, 0.2) is 59.4 Å². The highest BCUT2D eigenvalue weighted by Crippen LogP contribution is 2.27. The third-order valence-electron chi connectivity index (χ3n) is 4.04. The first-order valence-corrected chi connectivity index (χ1v) is 8.68. The van der Waals surface area contributed by atoms with Crippen molar-refractivity contribution in [2.75, 3.05) is 5.32 Å². The van der Waals surface area contributed by atoms with Gasteiger partial charge < -0.3 is 9.73 Å². The van der Waals surface area contributed by atoms with Crippen molar-refractivity contribution in [1.29, 1.82) is 0 Å². The van der Waals surface area contributed by atoms with Crippen LogP contribution in [0.4, 0.5) is 5.69 Å². The van der Waals surface area contributed by atoms with E-state index in [0.717, 1.165) is 16.9 Å². The van der Waals surface area contributed by atoms with Crippen LogP contribution in [0, 0.1) is 0 Å². The topological polar surface area (TPSA) is 68.0 Å². The molecule has 5 heteroatoms. The predicted octanol–water partition coefficient (Wildman–Crippen LogP) is 4.61. The van der Waals surface area contributed by atoms with Gasteiger partial charge in [0, 0.05) is 30.0 Å². The molecule has 0 atom stereocenters. The zero-order valence-electron chi connectivity index (χ0n) is 15.3. The van der Waals surface area contributed by atoms with Gasteiger partial charge in [0.25, 0.3) is 0 Å². The maximum atomic E-state index is 12.4. The molecular weight excluding hydrogens is 326 g/mol. The summed E-state index contributed by atoms with van der Waals surface area (Å²) in [6, 6.07) is 11.8. The second kappa shape index (κ2) is 7.52. The highest BCUT2D eigenvalue weighted by Gasteiger charge is 2.19. The summed E-state index contributed by atoms with van der Waals surface area (Å²) in [6.45, 7) is 6.20. The van der Waals surface area contributed by atoms with Gasteiger partial charge in [-0.25, -0.2) is 4.98 Å². The van der Waals surface area contributed by atoms with Crippen LogP contribution in [-0.2, 0) is 16.6 Å². The average molecular weight is 349 g/mol. The Morgan fingerprint density at radius 1 is 1.12 bits per heavy atom. The van der Waals surface area contributed by atoms with E-state index in [4.69, 9.17) is 4.42 Å². The normalized spacial score (nSPS) is 11.3. The van der Waals surface area contributed by atoms with Gasteiger partial charge in [0.05, 0.1) is 18.1 Å². The summed E-state index contributed by atoms with van der Waals surface area (Å²) in [5, 5.41) is 2.95. The first-order valence-electron chi connectivity index (χ1n) is 8.68. The summed E-state index contributed by atoms with van der Waals surface area (Å²) < 4.78 is 5.74. The van der Waals surface area contributed by atoms with Crippen molar-refractivity contribution in [2.45, 2.75) is 39.0 Å². The van der Waals surface area contributed by atoms with Crippen LogP contribution in [0.5, 0.6) is 0 Å². The van der Waals surface area contributed by atoms with E-state index in [1.807, 2.05) is 36.4 Å². The van der Waals surface area contributed by atoms with Crippen LogP contribution in [0.25, 0.3) is 11.1 Å². The maximum Gasteiger partial charge on any atom is 0.224 e. The second-order valence-corrected chi connectivity index (χ2v) is 7.20. The fourth-order valence-electron chi connectivity index (χ4n) is 2.57. The Labute approximate surface area is 153 Å². The standard InChI is InChI=1S/C21H23N3O2/c1-21(2,3)18-14-23-20(26-18)10-9-19(25)24-17-13-22-12-11-16(17)15-7-5-4-6-8-15/h4-8,11-14H,9-10H2,1-3H3,(H,24,25). The summed E-state index contributed by atoms with van der Waals surface area (Å²) in [7, 11) is 0. The predicted molar refractivity (Wildman–Crippen MR) is 102 cm³/mol. The Balaban J connectivity index is 1.65. The highest BCUT2D eigenvalue weighted by atomic mass is 16.4. The van der Waals surface area contributed by atoms with Crippen LogP contribution in [0.1, 0.15) is 38.8 Å². The summed E-state index contributed by atoms with van der Waals surface area (Å²) in [5.74, 6) is 1.32. The Hall–Kier alpha value is -2.95. The number of aromatic nitrogens is 2. The van der Waals surface area contributed by atoms with Crippen LogP contribution in [-0.4, -0.2) is 15.9 Å². The van der Waals surface area contributed by atoms with Crippen LogP contribution < -0.4 is 5.32 Å². The highest BCUT2D eigenvalue weighted by molar-refractivity contribution is 5.95. The molecule has 0 saturated carbocycles. The van der Waals surface area contributed by atoms with E-state index >= 15 is 0 Å². The van der Waals surface area contributed by atoms with Crippen molar-refractivity contribution in [3.05, 3.63) is 66.6 Å². The summed E-state index contributed by atoms with van der Waals surface area (Å²) in [6.07, 6.45) is 5.89. The smallest absolute Gasteiger partial charge is 0.224 e. The number of hydrogen-bond donors (Lipinski definition) is 1. The number of carbonyl (C=O) groups is 1. The number of rotatable bonds is 5. The van der Waals surface area contributed by atoms with Gasteiger partial charge in [0.2, 0.25) is 5.91 Å². The van der Waals surface area contributed by atoms with E-state index in [1.54, 1.807) is 18.6 Å². The molecule has 0 spiro atoms. The van der Waals surface area contributed by atoms with Gasteiger partial charge in [0.15, 0.2) is 5.89 Å². The Bertz CT molecular complexity index is 880. The maximum absolute atomic E-state index is 12.4. The molecule has 0 bridgehead atoms. The van der Waals surface area contributed by atoms with Crippen molar-refractivity contribution in [3.63, 3.8) is 0 Å². The third kappa shape index (κ3) is 4.36. The third-order valence-corrected chi connectivity index (χ3v) is 4.04. The molecule has 1 aromatic carbocycles. The summed E-state index contributed by atoms with van der Waals surface area (Å²) >= 11 is 0. The first kappa shape index (κ1) is 17.9. The Kier molecular flexibility index (Phi) is 5.16. The van der Waals surface area contributed by atoms with Crippen molar-refractivity contribution < 1.29 is 9.21 Å². The van der Waals surface area contributed by atoms with Gasteiger partial charge in [-0.3, -0.25) is 9.78 Å². The Morgan fingerprint density at radius 2 is 1.88 bits per heavy atom. The van der Waals surface area contributed by atoms with Crippen LogP contribution in [0.2, 0.25) is 0 Å². The minimum atomic E-state index is -0.0920. The number of nitrogens with one attached hydrogen (secondary N) is 1. The lowest BCUT2D eigenvalue weighted by Crippen LogP contribution is -2.13. The summed E-state index contributed by atoms with van der Waals surface area (Å²) in [4.78, 5) is 20.8. The van der Waals surface area contributed by atoms with Crippen molar-refractivity contribution in [2.24, 2.45) is 0 Å². The minimum Gasteiger partial charge on any atom is -0.445 e. The molecule has 1 N–H and O–H groups in total. The molecule has 0 fully saturated rings. The van der Waals surface area contributed by atoms with Gasteiger partial charge in [-0.2, -0.15) is 0 Å². The van der Waals surface area contributed by atoms with E-state index < -0.39 is 0 Å². The molecule has 1 amide bonds. The molecule has 0 aliphatic carbocycles. The van der Waals surface area contributed by atoms with E-state index in [0.29, 0.717) is 24.4 Å². The molecule has 134 valence electrons. The molecule has 3 aromatic rings. The van der Waals surface area contributed by atoms with Gasteiger partial charge >= 0.3 is 0 Å². The number of nitrogens with zero attached hydrogens (tertiary/aromatic N) is 2. The van der Waals surface area contributed by atoms with Crippen LogP contribution in [0.3, 0.4) is 0 Å². The van der Waals surface area contributed by atoms with Crippen molar-refractivity contribution >= 4 is 11.6 Å². The number of carbonyl (C=O) groups excluding carboxylic acids is 1. The molecule has 26 heavy (non-hydrogen) atoms. The number of anilines is 1.